The fourth-order valence-corrected chi connectivity index (χ4v) is 3.96. The molecule has 0 radical (unpaired) electrons. The molecular weight excluding hydrogens is 335 g/mol. The van der Waals surface area contributed by atoms with Crippen LogP contribution in [0.25, 0.3) is 0 Å². The molecule has 2 aliphatic rings. The van der Waals surface area contributed by atoms with Gasteiger partial charge in [0.25, 0.3) is 0 Å². The van der Waals surface area contributed by atoms with E-state index >= 15 is 0 Å². The molecule has 0 unspecified atom stereocenters. The number of hydrogen-bond acceptors (Lipinski definition) is 6. The lowest BCUT2D eigenvalue weighted by molar-refractivity contribution is -0.102. The van der Waals surface area contributed by atoms with Crippen LogP contribution in [-0.4, -0.2) is 46.7 Å². The number of nitrogens with zero attached hydrogens (tertiary/aromatic N) is 4. The number of piperidine rings is 1. The van der Waals surface area contributed by atoms with E-state index in [1.54, 1.807) is 7.11 Å². The average molecular weight is 358 g/mol. The summed E-state index contributed by atoms with van der Waals surface area (Å²) in [4.78, 5) is 15.3. The van der Waals surface area contributed by atoms with Crippen molar-refractivity contribution < 1.29 is 13.9 Å². The number of aromatic nitrogens is 3. The van der Waals surface area contributed by atoms with E-state index in [1.165, 1.54) is 17.8 Å². The SMILES string of the molecule is COc1ncc(F)cc1CN1CCC2(CC1)OCCc1cnc(C)nc12. The van der Waals surface area contributed by atoms with Crippen LogP contribution in [0.5, 0.6) is 5.88 Å². The van der Waals surface area contributed by atoms with Crippen LogP contribution in [0.2, 0.25) is 0 Å². The summed E-state index contributed by atoms with van der Waals surface area (Å²) in [5.74, 6) is 0.923. The Hall–Kier alpha value is -2.12. The van der Waals surface area contributed by atoms with Gasteiger partial charge in [-0.15, -0.1) is 0 Å². The van der Waals surface area contributed by atoms with Gasteiger partial charge in [-0.2, -0.15) is 0 Å². The largest absolute Gasteiger partial charge is 0.481 e. The Labute approximate surface area is 152 Å². The van der Waals surface area contributed by atoms with Gasteiger partial charge in [-0.05, 0) is 37.8 Å². The Bertz CT molecular complexity index is 806. The fourth-order valence-electron chi connectivity index (χ4n) is 3.96. The summed E-state index contributed by atoms with van der Waals surface area (Å²) < 4.78 is 25.1. The molecule has 0 N–H and O–H groups in total. The summed E-state index contributed by atoms with van der Waals surface area (Å²) in [7, 11) is 1.56. The van der Waals surface area contributed by atoms with Crippen LogP contribution in [0.4, 0.5) is 4.39 Å². The summed E-state index contributed by atoms with van der Waals surface area (Å²) in [6.45, 7) is 4.94. The summed E-state index contributed by atoms with van der Waals surface area (Å²) in [6.07, 6.45) is 5.72. The fraction of sp³-hybridized carbons (Fsp3) is 0.526. The maximum atomic E-state index is 13.6. The van der Waals surface area contributed by atoms with E-state index in [-0.39, 0.29) is 11.4 Å². The highest BCUT2D eigenvalue weighted by Gasteiger charge is 2.42. The van der Waals surface area contributed by atoms with Gasteiger partial charge in [0.15, 0.2) is 0 Å². The molecule has 0 aliphatic carbocycles. The smallest absolute Gasteiger partial charge is 0.217 e. The van der Waals surface area contributed by atoms with Gasteiger partial charge in [-0.25, -0.2) is 19.3 Å². The molecule has 1 spiro atoms. The summed E-state index contributed by atoms with van der Waals surface area (Å²) in [5, 5.41) is 0. The van der Waals surface area contributed by atoms with Gasteiger partial charge in [0, 0.05) is 31.4 Å². The first-order valence-corrected chi connectivity index (χ1v) is 8.97. The van der Waals surface area contributed by atoms with Gasteiger partial charge in [-0.3, -0.25) is 4.90 Å². The second-order valence-corrected chi connectivity index (χ2v) is 6.98. The Morgan fingerprint density at radius 3 is 2.85 bits per heavy atom. The van der Waals surface area contributed by atoms with E-state index in [9.17, 15) is 4.39 Å². The normalized spacial score (nSPS) is 19.3. The minimum atomic E-state index is -0.342. The molecule has 0 atom stereocenters. The highest BCUT2D eigenvalue weighted by Crippen LogP contribution is 2.40. The van der Waals surface area contributed by atoms with Crippen molar-refractivity contribution in [3.63, 3.8) is 0 Å². The number of hydrogen-bond donors (Lipinski definition) is 0. The maximum absolute atomic E-state index is 13.6. The molecule has 4 rings (SSSR count). The maximum Gasteiger partial charge on any atom is 0.217 e. The van der Waals surface area contributed by atoms with E-state index in [0.29, 0.717) is 19.0 Å². The van der Waals surface area contributed by atoms with Gasteiger partial charge in [0.1, 0.15) is 17.2 Å². The first kappa shape index (κ1) is 17.3. The molecule has 1 fully saturated rings. The third-order valence-corrected chi connectivity index (χ3v) is 5.31. The molecular formula is C19H23FN4O2. The molecule has 0 bridgehead atoms. The number of fused-ring (bicyclic) bond motifs is 2. The molecule has 4 heterocycles. The second kappa shape index (κ2) is 6.89. The van der Waals surface area contributed by atoms with Crippen molar-refractivity contribution in [2.24, 2.45) is 0 Å². The molecule has 138 valence electrons. The van der Waals surface area contributed by atoms with Crippen LogP contribution >= 0.6 is 0 Å². The number of rotatable bonds is 3. The molecule has 0 amide bonds. The lowest BCUT2D eigenvalue weighted by atomic mass is 9.83. The Kier molecular flexibility index (Phi) is 4.58. The number of methoxy groups -OCH3 is 1. The van der Waals surface area contributed by atoms with E-state index in [4.69, 9.17) is 14.5 Å². The van der Waals surface area contributed by atoms with Gasteiger partial charge in [-0.1, -0.05) is 0 Å². The summed E-state index contributed by atoms with van der Waals surface area (Å²) in [5.41, 5.74) is 2.71. The van der Waals surface area contributed by atoms with Crippen molar-refractivity contribution in [1.29, 1.82) is 0 Å². The molecule has 2 aromatic rings. The Balaban J connectivity index is 1.50. The molecule has 26 heavy (non-hydrogen) atoms. The zero-order valence-electron chi connectivity index (χ0n) is 15.2. The highest BCUT2D eigenvalue weighted by atomic mass is 19.1. The number of likely N-dealkylation sites (tertiary alicyclic amines) is 1. The van der Waals surface area contributed by atoms with Crippen LogP contribution in [0, 0.1) is 12.7 Å². The zero-order valence-corrected chi connectivity index (χ0v) is 15.2. The number of halogens is 1. The van der Waals surface area contributed by atoms with E-state index in [2.05, 4.69) is 14.9 Å². The molecule has 1 saturated heterocycles. The van der Waals surface area contributed by atoms with Crippen molar-refractivity contribution >= 4 is 0 Å². The van der Waals surface area contributed by atoms with Crippen LogP contribution < -0.4 is 4.74 Å². The highest BCUT2D eigenvalue weighted by molar-refractivity contribution is 5.28. The van der Waals surface area contributed by atoms with Gasteiger partial charge in [0.05, 0.1) is 25.6 Å². The standard InChI is InChI=1S/C19H23FN4O2/c1-13-21-10-14-3-8-26-19(17(14)23-13)4-6-24(7-5-19)12-15-9-16(20)11-22-18(15)25-2/h9-11H,3-8,12H2,1-2H3. The Morgan fingerprint density at radius 1 is 1.27 bits per heavy atom. The third-order valence-electron chi connectivity index (χ3n) is 5.31. The molecule has 0 aromatic carbocycles. The molecule has 7 heteroatoms. The van der Waals surface area contributed by atoms with E-state index in [1.807, 2.05) is 13.1 Å². The predicted molar refractivity (Wildman–Crippen MR) is 93.4 cm³/mol. The first-order chi connectivity index (χ1) is 12.6. The quantitative estimate of drug-likeness (QED) is 0.840. The zero-order chi connectivity index (χ0) is 18.1. The molecule has 6 nitrogen and oxygen atoms in total. The second-order valence-electron chi connectivity index (χ2n) is 6.98. The Morgan fingerprint density at radius 2 is 2.08 bits per heavy atom. The summed E-state index contributed by atoms with van der Waals surface area (Å²) >= 11 is 0. The monoisotopic (exact) mass is 358 g/mol. The average Bonchev–Trinajstić information content (AvgIpc) is 2.65. The number of ether oxygens (including phenoxy) is 2. The van der Waals surface area contributed by atoms with Crippen LogP contribution in [0.1, 0.15) is 35.5 Å². The van der Waals surface area contributed by atoms with Gasteiger partial charge >= 0.3 is 0 Å². The molecule has 2 aromatic heterocycles. The van der Waals surface area contributed by atoms with E-state index in [0.717, 1.165) is 49.4 Å². The molecule has 0 saturated carbocycles. The van der Waals surface area contributed by atoms with Gasteiger partial charge < -0.3 is 9.47 Å². The minimum Gasteiger partial charge on any atom is -0.481 e. The first-order valence-electron chi connectivity index (χ1n) is 8.97. The lowest BCUT2D eigenvalue weighted by Gasteiger charge is -2.44. The lowest BCUT2D eigenvalue weighted by Crippen LogP contribution is -2.47. The van der Waals surface area contributed by atoms with Crippen molar-refractivity contribution in [2.75, 3.05) is 26.8 Å². The van der Waals surface area contributed by atoms with Crippen molar-refractivity contribution in [3.05, 3.63) is 46.9 Å². The van der Waals surface area contributed by atoms with Crippen molar-refractivity contribution in [3.8, 4) is 5.88 Å². The topological polar surface area (TPSA) is 60.4 Å². The number of aryl methyl sites for hydroxylation is 1. The third kappa shape index (κ3) is 3.17. The van der Waals surface area contributed by atoms with Crippen molar-refractivity contribution in [1.82, 2.24) is 19.9 Å². The number of pyridine rings is 1. The van der Waals surface area contributed by atoms with Crippen LogP contribution in [-0.2, 0) is 23.3 Å². The summed E-state index contributed by atoms with van der Waals surface area (Å²) in [6, 6.07) is 1.50. The van der Waals surface area contributed by atoms with Crippen LogP contribution in [0.3, 0.4) is 0 Å². The molecule has 2 aliphatic heterocycles. The minimum absolute atomic E-state index is 0.317. The van der Waals surface area contributed by atoms with Crippen LogP contribution in [0.15, 0.2) is 18.5 Å². The predicted octanol–water partition coefficient (Wildman–Crippen LogP) is 2.39. The van der Waals surface area contributed by atoms with Gasteiger partial charge in [0.2, 0.25) is 5.88 Å². The van der Waals surface area contributed by atoms with E-state index < -0.39 is 0 Å². The van der Waals surface area contributed by atoms with Crippen molar-refractivity contribution in [2.45, 2.75) is 38.3 Å².